The Morgan fingerprint density at radius 3 is 2.77 bits per heavy atom. The molecule has 7 nitrogen and oxygen atoms in total. The molecule has 0 amide bonds. The van der Waals surface area contributed by atoms with Gasteiger partial charge in [-0.15, -0.1) is 24.0 Å². The van der Waals surface area contributed by atoms with Gasteiger partial charge in [0.2, 0.25) is 5.89 Å². The van der Waals surface area contributed by atoms with Crippen LogP contribution in [0.5, 0.6) is 5.75 Å². The SMILES string of the molecule is CCNC(=NCc1ccc(C)cc1OCC1CC1)NCCCc1nc(C(C)C)no1.I. The Labute approximate surface area is 202 Å². The van der Waals surface area contributed by atoms with Crippen molar-refractivity contribution < 1.29 is 9.26 Å². The molecule has 8 heteroatoms. The van der Waals surface area contributed by atoms with E-state index < -0.39 is 0 Å². The summed E-state index contributed by atoms with van der Waals surface area (Å²) in [5.74, 6) is 4.24. The van der Waals surface area contributed by atoms with E-state index in [1.807, 2.05) is 0 Å². The minimum absolute atomic E-state index is 0. The summed E-state index contributed by atoms with van der Waals surface area (Å²) in [5.41, 5.74) is 2.32. The van der Waals surface area contributed by atoms with Crippen LogP contribution < -0.4 is 15.4 Å². The van der Waals surface area contributed by atoms with Crippen LogP contribution in [0.15, 0.2) is 27.7 Å². The highest BCUT2D eigenvalue weighted by Crippen LogP contribution is 2.31. The fourth-order valence-corrected chi connectivity index (χ4v) is 2.98. The molecule has 1 saturated carbocycles. The lowest BCUT2D eigenvalue weighted by Crippen LogP contribution is -2.37. The number of guanidine groups is 1. The average molecular weight is 541 g/mol. The third-order valence-corrected chi connectivity index (χ3v) is 5.01. The number of hydrogen-bond donors (Lipinski definition) is 2. The molecular weight excluding hydrogens is 505 g/mol. The fraction of sp³-hybridized carbons (Fsp3) is 0.609. The van der Waals surface area contributed by atoms with Gasteiger partial charge in [0.1, 0.15) is 5.75 Å². The number of hydrogen-bond acceptors (Lipinski definition) is 5. The van der Waals surface area contributed by atoms with Gasteiger partial charge in [0, 0.05) is 31.0 Å². The molecule has 1 aromatic heterocycles. The van der Waals surface area contributed by atoms with E-state index in [0.717, 1.165) is 61.6 Å². The number of aryl methyl sites for hydroxylation is 2. The number of benzene rings is 1. The van der Waals surface area contributed by atoms with Crippen LogP contribution in [0.3, 0.4) is 0 Å². The normalized spacial score (nSPS) is 13.8. The summed E-state index contributed by atoms with van der Waals surface area (Å²) in [5, 5.41) is 10.7. The van der Waals surface area contributed by atoms with E-state index in [1.165, 1.54) is 18.4 Å². The molecule has 172 valence electrons. The van der Waals surface area contributed by atoms with Gasteiger partial charge >= 0.3 is 0 Å². The summed E-state index contributed by atoms with van der Waals surface area (Å²) >= 11 is 0. The molecule has 0 spiro atoms. The Bertz CT molecular complexity index is 833. The van der Waals surface area contributed by atoms with Gasteiger partial charge in [0.05, 0.1) is 13.2 Å². The molecule has 1 aliphatic carbocycles. The number of ether oxygens (including phenoxy) is 1. The number of nitrogens with zero attached hydrogens (tertiary/aromatic N) is 3. The van der Waals surface area contributed by atoms with Gasteiger partial charge < -0.3 is 19.9 Å². The number of rotatable bonds is 11. The number of nitrogens with one attached hydrogen (secondary N) is 2. The van der Waals surface area contributed by atoms with Crippen molar-refractivity contribution in [3.8, 4) is 5.75 Å². The molecule has 0 bridgehead atoms. The second-order valence-electron chi connectivity index (χ2n) is 8.29. The monoisotopic (exact) mass is 541 g/mol. The van der Waals surface area contributed by atoms with Crippen molar-refractivity contribution in [3.05, 3.63) is 41.0 Å². The predicted molar refractivity (Wildman–Crippen MR) is 134 cm³/mol. The van der Waals surface area contributed by atoms with Crippen LogP contribution in [0.4, 0.5) is 0 Å². The molecule has 1 heterocycles. The van der Waals surface area contributed by atoms with Gasteiger partial charge in [-0.3, -0.25) is 0 Å². The molecule has 3 rings (SSSR count). The van der Waals surface area contributed by atoms with E-state index in [2.05, 4.69) is 66.7 Å². The van der Waals surface area contributed by atoms with E-state index >= 15 is 0 Å². The lowest BCUT2D eigenvalue weighted by atomic mass is 10.1. The minimum Gasteiger partial charge on any atom is -0.493 e. The molecule has 31 heavy (non-hydrogen) atoms. The van der Waals surface area contributed by atoms with E-state index in [0.29, 0.717) is 12.4 Å². The Balaban J connectivity index is 0.00000341. The molecule has 0 saturated heterocycles. The minimum atomic E-state index is 0. The van der Waals surface area contributed by atoms with E-state index in [1.54, 1.807) is 0 Å². The molecule has 0 aliphatic heterocycles. The molecule has 2 aromatic rings. The number of aliphatic imine (C=N–C) groups is 1. The predicted octanol–water partition coefficient (Wildman–Crippen LogP) is 4.60. The summed E-state index contributed by atoms with van der Waals surface area (Å²) in [6, 6.07) is 6.35. The van der Waals surface area contributed by atoms with E-state index in [4.69, 9.17) is 14.3 Å². The molecular formula is C23H36IN5O2. The topological polar surface area (TPSA) is 84.6 Å². The Morgan fingerprint density at radius 2 is 2.10 bits per heavy atom. The Hall–Kier alpha value is -1.84. The van der Waals surface area contributed by atoms with Crippen molar-refractivity contribution >= 4 is 29.9 Å². The van der Waals surface area contributed by atoms with Gasteiger partial charge in [0.15, 0.2) is 11.8 Å². The standard InChI is InChI=1S/C23H35N5O2.HI/c1-5-24-23(25-12-6-7-21-27-22(16(2)3)28-30-21)26-14-19-11-8-17(4)13-20(19)29-15-18-9-10-18;/h8,11,13,16,18H,5-7,9-10,12,14-15H2,1-4H3,(H2,24,25,26);1H. The summed E-state index contributed by atoms with van der Waals surface area (Å²) in [6.07, 6.45) is 4.22. The van der Waals surface area contributed by atoms with Crippen molar-refractivity contribution in [2.45, 2.75) is 65.8 Å². The van der Waals surface area contributed by atoms with Crippen molar-refractivity contribution in [3.63, 3.8) is 0 Å². The van der Waals surface area contributed by atoms with Gasteiger partial charge in [-0.1, -0.05) is 31.1 Å². The zero-order chi connectivity index (χ0) is 21.3. The average Bonchev–Trinajstić information content (AvgIpc) is 3.43. The third-order valence-electron chi connectivity index (χ3n) is 5.01. The van der Waals surface area contributed by atoms with Crippen molar-refractivity contribution in [2.75, 3.05) is 19.7 Å². The van der Waals surface area contributed by atoms with Crippen LogP contribution in [0.2, 0.25) is 0 Å². The summed E-state index contributed by atoms with van der Waals surface area (Å²) in [6.45, 7) is 11.3. The number of halogens is 1. The summed E-state index contributed by atoms with van der Waals surface area (Å²) < 4.78 is 11.4. The smallest absolute Gasteiger partial charge is 0.226 e. The van der Waals surface area contributed by atoms with Crippen LogP contribution in [-0.4, -0.2) is 35.8 Å². The van der Waals surface area contributed by atoms with Crippen LogP contribution in [0, 0.1) is 12.8 Å². The maximum atomic E-state index is 6.07. The molecule has 1 fully saturated rings. The fourth-order valence-electron chi connectivity index (χ4n) is 2.98. The zero-order valence-corrected chi connectivity index (χ0v) is 21.4. The van der Waals surface area contributed by atoms with Crippen LogP contribution in [-0.2, 0) is 13.0 Å². The van der Waals surface area contributed by atoms with Crippen LogP contribution >= 0.6 is 24.0 Å². The van der Waals surface area contributed by atoms with E-state index in [9.17, 15) is 0 Å². The first-order chi connectivity index (χ1) is 14.5. The molecule has 1 aliphatic rings. The van der Waals surface area contributed by atoms with Crippen LogP contribution in [0.1, 0.15) is 68.8 Å². The number of aromatic nitrogens is 2. The first-order valence-corrected chi connectivity index (χ1v) is 11.1. The van der Waals surface area contributed by atoms with Gasteiger partial charge in [-0.25, -0.2) is 4.99 Å². The Morgan fingerprint density at radius 1 is 1.29 bits per heavy atom. The van der Waals surface area contributed by atoms with E-state index in [-0.39, 0.29) is 29.9 Å². The molecule has 1 aromatic carbocycles. The van der Waals surface area contributed by atoms with Crippen molar-refractivity contribution in [1.29, 1.82) is 0 Å². The lowest BCUT2D eigenvalue weighted by Gasteiger charge is -2.13. The lowest BCUT2D eigenvalue weighted by molar-refractivity contribution is 0.296. The molecule has 2 N–H and O–H groups in total. The zero-order valence-electron chi connectivity index (χ0n) is 19.1. The third kappa shape index (κ3) is 8.66. The maximum absolute atomic E-state index is 6.07. The van der Waals surface area contributed by atoms with Gasteiger partial charge in [-0.05, 0) is 50.7 Å². The summed E-state index contributed by atoms with van der Waals surface area (Å²) in [7, 11) is 0. The first kappa shape index (κ1) is 25.4. The van der Waals surface area contributed by atoms with Crippen molar-refractivity contribution in [1.82, 2.24) is 20.8 Å². The second-order valence-corrected chi connectivity index (χ2v) is 8.29. The Kier molecular flexibility index (Phi) is 10.6. The van der Waals surface area contributed by atoms with Crippen molar-refractivity contribution in [2.24, 2.45) is 10.9 Å². The first-order valence-electron chi connectivity index (χ1n) is 11.1. The highest BCUT2D eigenvalue weighted by Gasteiger charge is 2.22. The molecule has 0 unspecified atom stereocenters. The highest BCUT2D eigenvalue weighted by atomic mass is 127. The molecule has 0 atom stereocenters. The van der Waals surface area contributed by atoms with Gasteiger partial charge in [0.25, 0.3) is 0 Å². The van der Waals surface area contributed by atoms with Crippen LogP contribution in [0.25, 0.3) is 0 Å². The summed E-state index contributed by atoms with van der Waals surface area (Å²) in [4.78, 5) is 9.18. The molecule has 0 radical (unpaired) electrons. The maximum Gasteiger partial charge on any atom is 0.226 e. The van der Waals surface area contributed by atoms with Gasteiger partial charge in [-0.2, -0.15) is 4.98 Å². The quantitative estimate of drug-likeness (QED) is 0.187. The largest absolute Gasteiger partial charge is 0.493 e. The highest BCUT2D eigenvalue weighted by molar-refractivity contribution is 14.0. The second kappa shape index (κ2) is 12.9.